The average molecular weight is 362 g/mol. The molecule has 0 unspecified atom stereocenters. The maximum absolute atomic E-state index is 12.2. The van der Waals surface area contributed by atoms with Crippen LogP contribution in [0.15, 0.2) is 42.5 Å². The minimum Gasteiger partial charge on any atom is -0.486 e. The number of hydrogen-bond acceptors (Lipinski definition) is 4. The molecule has 8 heteroatoms. The molecule has 1 aliphatic heterocycles. The number of nitrogens with two attached hydrogens (primary N) is 1. The second kappa shape index (κ2) is 7.19. The van der Waals surface area contributed by atoms with E-state index in [0.29, 0.717) is 30.3 Å². The summed E-state index contributed by atoms with van der Waals surface area (Å²) in [5.74, 6) is 0.984. The lowest BCUT2D eigenvalue weighted by Crippen LogP contribution is -2.18. The summed E-state index contributed by atoms with van der Waals surface area (Å²) in [6.45, 7) is 0.967. The zero-order valence-electron chi connectivity index (χ0n) is 12.4. The number of halogens is 4. The van der Waals surface area contributed by atoms with E-state index in [4.69, 9.17) is 15.2 Å². The first-order valence-electron chi connectivity index (χ1n) is 6.93. The number of alkyl halides is 3. The van der Waals surface area contributed by atoms with Crippen LogP contribution in [0, 0.1) is 0 Å². The Morgan fingerprint density at radius 3 is 2.12 bits per heavy atom. The molecule has 1 aliphatic rings. The second-order valence-electron chi connectivity index (χ2n) is 5.00. The zero-order valence-corrected chi connectivity index (χ0v) is 13.2. The van der Waals surface area contributed by atoms with Gasteiger partial charge in [0.1, 0.15) is 19.0 Å². The third kappa shape index (κ3) is 4.24. The molecule has 0 bridgehead atoms. The van der Waals surface area contributed by atoms with E-state index in [0.717, 1.165) is 5.56 Å². The van der Waals surface area contributed by atoms with E-state index in [-0.39, 0.29) is 18.2 Å². The van der Waals surface area contributed by atoms with E-state index in [1.807, 2.05) is 0 Å². The molecule has 0 fully saturated rings. The Morgan fingerprint density at radius 2 is 1.50 bits per heavy atom. The maximum atomic E-state index is 12.2. The van der Waals surface area contributed by atoms with Crippen LogP contribution >= 0.6 is 12.4 Å². The lowest BCUT2D eigenvalue weighted by molar-refractivity contribution is -0.274. The molecular weight excluding hydrogens is 347 g/mol. The van der Waals surface area contributed by atoms with E-state index >= 15 is 0 Å². The van der Waals surface area contributed by atoms with E-state index < -0.39 is 12.4 Å². The second-order valence-corrected chi connectivity index (χ2v) is 5.00. The molecule has 0 amide bonds. The van der Waals surface area contributed by atoms with Crippen molar-refractivity contribution in [3.8, 4) is 17.2 Å². The lowest BCUT2D eigenvalue weighted by atomic mass is 9.99. The summed E-state index contributed by atoms with van der Waals surface area (Å²) in [4.78, 5) is 0. The van der Waals surface area contributed by atoms with Crippen LogP contribution in [0.3, 0.4) is 0 Å². The normalized spacial score (nSPS) is 14.5. The van der Waals surface area contributed by atoms with Crippen molar-refractivity contribution in [2.24, 2.45) is 5.73 Å². The molecule has 0 saturated heterocycles. The standard InChI is InChI=1S/C16H14F3NO3.ClH/c17-16(18,19)23-12-4-1-10(2-5-12)15(20)11-3-6-13-14(9-11)22-8-7-21-13;/h1-6,9,15H,7-8,20H2;1H/t15-;/m1./s1. The molecule has 0 saturated carbocycles. The SMILES string of the molecule is Cl.N[C@H](c1ccc(OC(F)(F)F)cc1)c1ccc2c(c1)OCCO2. The lowest BCUT2D eigenvalue weighted by Gasteiger charge is -2.21. The fourth-order valence-corrected chi connectivity index (χ4v) is 2.32. The predicted octanol–water partition coefficient (Wildman–Crippen LogP) is 3.83. The Labute approximate surface area is 142 Å². The van der Waals surface area contributed by atoms with Crippen LogP contribution in [-0.2, 0) is 0 Å². The largest absolute Gasteiger partial charge is 0.573 e. The van der Waals surface area contributed by atoms with E-state index in [1.54, 1.807) is 18.2 Å². The van der Waals surface area contributed by atoms with Gasteiger partial charge < -0.3 is 19.9 Å². The Morgan fingerprint density at radius 1 is 0.917 bits per heavy atom. The van der Waals surface area contributed by atoms with Crippen LogP contribution in [0.25, 0.3) is 0 Å². The third-order valence-electron chi connectivity index (χ3n) is 3.40. The quantitative estimate of drug-likeness (QED) is 0.902. The van der Waals surface area contributed by atoms with Crippen molar-refractivity contribution in [1.82, 2.24) is 0 Å². The van der Waals surface area contributed by atoms with Crippen LogP contribution in [0.1, 0.15) is 17.2 Å². The van der Waals surface area contributed by atoms with Crippen molar-refractivity contribution >= 4 is 12.4 Å². The first-order valence-corrected chi connectivity index (χ1v) is 6.93. The summed E-state index contributed by atoms with van der Waals surface area (Å²) >= 11 is 0. The summed E-state index contributed by atoms with van der Waals surface area (Å²) in [7, 11) is 0. The minimum atomic E-state index is -4.71. The van der Waals surface area contributed by atoms with E-state index in [9.17, 15) is 13.2 Å². The molecule has 3 rings (SSSR count). The van der Waals surface area contributed by atoms with Crippen molar-refractivity contribution in [1.29, 1.82) is 0 Å². The number of ether oxygens (including phenoxy) is 3. The number of fused-ring (bicyclic) bond motifs is 1. The van der Waals surface area contributed by atoms with Gasteiger partial charge in [0.15, 0.2) is 11.5 Å². The number of rotatable bonds is 3. The van der Waals surface area contributed by atoms with Gasteiger partial charge in [0.2, 0.25) is 0 Å². The highest BCUT2D eigenvalue weighted by atomic mass is 35.5. The minimum absolute atomic E-state index is 0. The predicted molar refractivity (Wildman–Crippen MR) is 83.8 cm³/mol. The number of benzene rings is 2. The van der Waals surface area contributed by atoms with Gasteiger partial charge in [-0.2, -0.15) is 0 Å². The van der Waals surface area contributed by atoms with Gasteiger partial charge >= 0.3 is 6.36 Å². The Hall–Kier alpha value is -2.12. The third-order valence-corrected chi connectivity index (χ3v) is 3.40. The molecule has 130 valence electrons. The van der Waals surface area contributed by atoms with E-state index in [2.05, 4.69) is 4.74 Å². The molecular formula is C16H15ClF3NO3. The summed E-state index contributed by atoms with van der Waals surface area (Å²) in [6.07, 6.45) is -4.71. The summed E-state index contributed by atoms with van der Waals surface area (Å²) in [5.41, 5.74) is 7.61. The molecule has 1 heterocycles. The van der Waals surface area contributed by atoms with Crippen LogP contribution in [0.5, 0.6) is 17.2 Å². The monoisotopic (exact) mass is 361 g/mol. The molecule has 2 aromatic rings. The molecule has 2 aromatic carbocycles. The topological polar surface area (TPSA) is 53.7 Å². The molecule has 4 nitrogen and oxygen atoms in total. The molecule has 0 aliphatic carbocycles. The Kier molecular flexibility index (Phi) is 5.46. The van der Waals surface area contributed by atoms with Gasteiger partial charge in [-0.1, -0.05) is 18.2 Å². The summed E-state index contributed by atoms with van der Waals surface area (Å²) in [6, 6.07) is 10.3. The summed E-state index contributed by atoms with van der Waals surface area (Å²) < 4.78 is 51.2. The van der Waals surface area contributed by atoms with Crippen molar-refractivity contribution in [3.05, 3.63) is 53.6 Å². The fraction of sp³-hybridized carbons (Fsp3) is 0.250. The van der Waals surface area contributed by atoms with Crippen molar-refractivity contribution in [2.75, 3.05) is 13.2 Å². The van der Waals surface area contributed by atoms with Gasteiger partial charge in [-0.15, -0.1) is 25.6 Å². The van der Waals surface area contributed by atoms with Gasteiger partial charge in [-0.25, -0.2) is 0 Å². The van der Waals surface area contributed by atoms with Gasteiger partial charge in [0.25, 0.3) is 0 Å². The molecule has 0 spiro atoms. The van der Waals surface area contributed by atoms with Crippen LogP contribution < -0.4 is 19.9 Å². The van der Waals surface area contributed by atoms with Crippen LogP contribution in [-0.4, -0.2) is 19.6 Å². The smallest absolute Gasteiger partial charge is 0.486 e. The molecule has 24 heavy (non-hydrogen) atoms. The maximum Gasteiger partial charge on any atom is 0.573 e. The van der Waals surface area contributed by atoms with Crippen molar-refractivity contribution in [3.63, 3.8) is 0 Å². The first kappa shape index (κ1) is 18.2. The molecule has 0 aromatic heterocycles. The van der Waals surface area contributed by atoms with Gasteiger partial charge in [0, 0.05) is 0 Å². The van der Waals surface area contributed by atoms with Gasteiger partial charge in [-0.05, 0) is 35.4 Å². The van der Waals surface area contributed by atoms with Gasteiger partial charge in [-0.3, -0.25) is 0 Å². The first-order chi connectivity index (χ1) is 10.9. The van der Waals surface area contributed by atoms with Crippen molar-refractivity contribution < 1.29 is 27.4 Å². The fourth-order valence-electron chi connectivity index (χ4n) is 2.32. The van der Waals surface area contributed by atoms with Crippen LogP contribution in [0.4, 0.5) is 13.2 Å². The summed E-state index contributed by atoms with van der Waals surface area (Å²) in [5, 5.41) is 0. The highest BCUT2D eigenvalue weighted by molar-refractivity contribution is 5.85. The van der Waals surface area contributed by atoms with Gasteiger partial charge in [0.05, 0.1) is 6.04 Å². The van der Waals surface area contributed by atoms with Crippen molar-refractivity contribution in [2.45, 2.75) is 12.4 Å². The highest BCUT2D eigenvalue weighted by Gasteiger charge is 2.31. The molecule has 2 N–H and O–H groups in total. The highest BCUT2D eigenvalue weighted by Crippen LogP contribution is 2.34. The molecule has 0 radical (unpaired) electrons. The average Bonchev–Trinajstić information content (AvgIpc) is 2.53. The number of hydrogen-bond donors (Lipinski definition) is 1. The van der Waals surface area contributed by atoms with Crippen LogP contribution in [0.2, 0.25) is 0 Å². The van der Waals surface area contributed by atoms with E-state index in [1.165, 1.54) is 24.3 Å². The zero-order chi connectivity index (χ0) is 16.4. The Bertz CT molecular complexity index is 692. The Balaban J connectivity index is 0.00000208. The molecule has 1 atom stereocenters.